The summed E-state index contributed by atoms with van der Waals surface area (Å²) in [4.78, 5) is 11.8. The van der Waals surface area contributed by atoms with Gasteiger partial charge < -0.3 is 19.1 Å². The summed E-state index contributed by atoms with van der Waals surface area (Å²) in [6.07, 6.45) is 6.82. The maximum Gasteiger partial charge on any atom is 0.276 e. The van der Waals surface area contributed by atoms with Crippen molar-refractivity contribution >= 4 is 21.8 Å². The highest BCUT2D eigenvalue weighted by Gasteiger charge is 2.33. The van der Waals surface area contributed by atoms with Crippen molar-refractivity contribution < 1.29 is 9.63 Å². The van der Waals surface area contributed by atoms with Crippen LogP contribution in [0.2, 0.25) is 0 Å². The van der Waals surface area contributed by atoms with E-state index in [1.54, 1.807) is 0 Å². The second-order valence-corrected chi connectivity index (χ2v) is 10.6. The molecule has 0 amide bonds. The first-order valence-electron chi connectivity index (χ1n) is 13.4. The zero-order valence-electron chi connectivity index (χ0n) is 20.9. The second-order valence-electron chi connectivity index (χ2n) is 10.6. The van der Waals surface area contributed by atoms with Crippen molar-refractivity contribution in [3.8, 4) is 11.6 Å². The summed E-state index contributed by atoms with van der Waals surface area (Å²) in [6.45, 7) is 3.75. The fraction of sp³-hybridized carbons (Fsp3) is 0.367. The highest BCUT2D eigenvalue weighted by Crippen LogP contribution is 2.39. The van der Waals surface area contributed by atoms with Crippen molar-refractivity contribution in [1.82, 2.24) is 24.6 Å². The Bertz CT molecular complexity index is 1540. The molecule has 188 valence electrons. The zero-order valence-corrected chi connectivity index (χ0v) is 20.9. The Morgan fingerprint density at radius 3 is 2.51 bits per heavy atom. The van der Waals surface area contributed by atoms with E-state index >= 15 is 0 Å². The monoisotopic (exact) mass is 493 g/mol. The lowest BCUT2D eigenvalue weighted by Crippen LogP contribution is -2.43. The fourth-order valence-electron chi connectivity index (χ4n) is 5.79. The number of rotatable bonds is 7. The largest absolute Gasteiger partial charge is 0.385 e. The van der Waals surface area contributed by atoms with Crippen molar-refractivity contribution in [2.45, 2.75) is 50.2 Å². The molecule has 7 rings (SSSR count). The molecule has 37 heavy (non-hydrogen) atoms. The van der Waals surface area contributed by atoms with E-state index in [1.807, 2.05) is 36.5 Å². The third-order valence-electron chi connectivity index (χ3n) is 8.11. The van der Waals surface area contributed by atoms with Crippen LogP contribution in [0.3, 0.4) is 0 Å². The molecule has 0 bridgehead atoms. The number of hydrogen-bond donors (Lipinski definition) is 1. The van der Waals surface area contributed by atoms with Gasteiger partial charge in [-0.1, -0.05) is 53.7 Å². The van der Waals surface area contributed by atoms with E-state index in [2.05, 4.69) is 49.9 Å². The van der Waals surface area contributed by atoms with Gasteiger partial charge in [0.2, 0.25) is 0 Å². The van der Waals surface area contributed by atoms with E-state index in [0.29, 0.717) is 11.8 Å². The lowest BCUT2D eigenvalue weighted by atomic mass is 9.84. The van der Waals surface area contributed by atoms with Gasteiger partial charge in [-0.2, -0.15) is 4.98 Å². The van der Waals surface area contributed by atoms with Crippen molar-refractivity contribution in [2.24, 2.45) is 0 Å². The minimum Gasteiger partial charge on any atom is -0.385 e. The second kappa shape index (κ2) is 9.08. The van der Waals surface area contributed by atoms with E-state index in [0.717, 1.165) is 86.3 Å². The predicted molar refractivity (Wildman–Crippen MR) is 143 cm³/mol. The van der Waals surface area contributed by atoms with E-state index in [1.165, 1.54) is 10.9 Å². The summed E-state index contributed by atoms with van der Waals surface area (Å²) < 4.78 is 7.93. The van der Waals surface area contributed by atoms with Gasteiger partial charge in [0.15, 0.2) is 5.82 Å². The smallest absolute Gasteiger partial charge is 0.276 e. The number of likely N-dealkylation sites (tertiary alicyclic amines) is 1. The molecule has 5 aromatic rings. The van der Waals surface area contributed by atoms with E-state index in [4.69, 9.17) is 9.51 Å². The molecule has 7 heteroatoms. The minimum absolute atomic E-state index is 0.454. The number of aromatic nitrogens is 4. The summed E-state index contributed by atoms with van der Waals surface area (Å²) in [5.74, 6) is 1.76. The molecule has 2 aromatic carbocycles. The Kier molecular flexibility index (Phi) is 5.55. The highest BCUT2D eigenvalue weighted by molar-refractivity contribution is 6.08. The molecular formula is C30H31N5O2. The minimum atomic E-state index is -0.703. The molecule has 1 aliphatic heterocycles. The number of nitrogens with zero attached hydrogens (tertiary/aromatic N) is 5. The SMILES string of the molecule is OC1(c2ccccc2)CCN(CCCn2c3ccccc3c3cc(-c4nc(C5CC5)no4)ncc32)CC1. The number of para-hydroxylation sites is 1. The summed E-state index contributed by atoms with van der Waals surface area (Å²) in [7, 11) is 0. The van der Waals surface area contributed by atoms with Gasteiger partial charge >= 0.3 is 0 Å². The Balaban J connectivity index is 1.07. The topological polar surface area (TPSA) is 80.2 Å². The molecule has 2 aliphatic rings. The van der Waals surface area contributed by atoms with Gasteiger partial charge in [-0.25, -0.2) is 4.98 Å². The Labute approximate surface area is 215 Å². The molecule has 1 aliphatic carbocycles. The normalized spacial score (nSPS) is 18.1. The number of aryl methyl sites for hydroxylation is 1. The fourth-order valence-corrected chi connectivity index (χ4v) is 5.79. The number of pyridine rings is 1. The molecule has 1 N–H and O–H groups in total. The number of benzene rings is 2. The summed E-state index contributed by atoms with van der Waals surface area (Å²) in [6, 6.07) is 20.8. The Hall–Kier alpha value is -3.55. The van der Waals surface area contributed by atoms with Crippen molar-refractivity contribution in [3.63, 3.8) is 0 Å². The Morgan fingerprint density at radius 2 is 1.70 bits per heavy atom. The summed E-state index contributed by atoms with van der Waals surface area (Å²) in [5.41, 5.74) is 3.41. The highest BCUT2D eigenvalue weighted by atomic mass is 16.5. The molecule has 3 aromatic heterocycles. The number of piperidine rings is 1. The van der Waals surface area contributed by atoms with Gasteiger partial charge in [0.25, 0.3) is 5.89 Å². The molecule has 2 fully saturated rings. The number of fused-ring (bicyclic) bond motifs is 3. The van der Waals surface area contributed by atoms with Crippen LogP contribution in [-0.2, 0) is 12.1 Å². The van der Waals surface area contributed by atoms with Crippen LogP contribution >= 0.6 is 0 Å². The Morgan fingerprint density at radius 1 is 0.919 bits per heavy atom. The molecule has 0 atom stereocenters. The van der Waals surface area contributed by atoms with Crippen LogP contribution in [0.15, 0.2) is 71.4 Å². The molecule has 1 saturated carbocycles. The van der Waals surface area contributed by atoms with Crippen molar-refractivity contribution in [2.75, 3.05) is 19.6 Å². The van der Waals surface area contributed by atoms with E-state index in [-0.39, 0.29) is 0 Å². The van der Waals surface area contributed by atoms with Crippen LogP contribution in [0.5, 0.6) is 0 Å². The average Bonchev–Trinajstić information content (AvgIpc) is 3.60. The van der Waals surface area contributed by atoms with Crippen LogP contribution in [0.4, 0.5) is 0 Å². The quantitative estimate of drug-likeness (QED) is 0.323. The summed E-state index contributed by atoms with van der Waals surface area (Å²) >= 11 is 0. The summed E-state index contributed by atoms with van der Waals surface area (Å²) in [5, 5.41) is 17.7. The number of hydrogen-bond acceptors (Lipinski definition) is 6. The molecular weight excluding hydrogens is 462 g/mol. The van der Waals surface area contributed by atoms with Gasteiger partial charge in [0.05, 0.1) is 17.3 Å². The molecule has 7 nitrogen and oxygen atoms in total. The van der Waals surface area contributed by atoms with Crippen molar-refractivity contribution in [3.05, 3.63) is 78.2 Å². The van der Waals surface area contributed by atoms with Crippen LogP contribution in [0.1, 0.15) is 49.4 Å². The van der Waals surface area contributed by atoms with Crippen LogP contribution in [0.25, 0.3) is 33.4 Å². The van der Waals surface area contributed by atoms with Crippen LogP contribution in [-0.4, -0.2) is 49.3 Å². The van der Waals surface area contributed by atoms with Gasteiger partial charge in [-0.3, -0.25) is 0 Å². The first-order valence-corrected chi connectivity index (χ1v) is 13.4. The third-order valence-corrected chi connectivity index (χ3v) is 8.11. The maximum atomic E-state index is 11.2. The van der Waals surface area contributed by atoms with Crippen molar-refractivity contribution in [1.29, 1.82) is 0 Å². The first-order chi connectivity index (χ1) is 18.2. The first kappa shape index (κ1) is 22.6. The molecule has 1 saturated heterocycles. The van der Waals surface area contributed by atoms with Gasteiger partial charge in [-0.05, 0) is 56.3 Å². The lowest BCUT2D eigenvalue weighted by Gasteiger charge is -2.38. The van der Waals surface area contributed by atoms with Crippen LogP contribution < -0.4 is 0 Å². The van der Waals surface area contributed by atoms with E-state index < -0.39 is 5.60 Å². The standard InChI is InChI=1S/C30H31N5O2/c36-30(22-7-2-1-3-8-22)13-17-34(18-14-30)15-6-16-35-26-10-5-4-9-23(26)24-19-25(31-20-27(24)35)29-32-28(33-37-29)21-11-12-21/h1-5,7-10,19-21,36H,6,11-18H2. The molecule has 0 spiro atoms. The van der Waals surface area contributed by atoms with Gasteiger partial charge in [-0.15, -0.1) is 0 Å². The van der Waals surface area contributed by atoms with Crippen LogP contribution in [0, 0.1) is 0 Å². The molecule has 0 radical (unpaired) electrons. The average molecular weight is 494 g/mol. The van der Waals surface area contributed by atoms with Gasteiger partial charge in [0, 0.05) is 41.8 Å². The van der Waals surface area contributed by atoms with Gasteiger partial charge in [0.1, 0.15) is 5.69 Å². The number of aliphatic hydroxyl groups is 1. The van der Waals surface area contributed by atoms with E-state index in [9.17, 15) is 5.11 Å². The lowest BCUT2D eigenvalue weighted by molar-refractivity contribution is -0.0261. The molecule has 0 unspecified atom stereocenters. The third kappa shape index (κ3) is 4.22. The zero-order chi connectivity index (χ0) is 24.8. The molecule has 4 heterocycles. The maximum absolute atomic E-state index is 11.2. The predicted octanol–water partition coefficient (Wildman–Crippen LogP) is 5.49.